The summed E-state index contributed by atoms with van der Waals surface area (Å²) in [6.07, 6.45) is 2.61. The van der Waals surface area contributed by atoms with Gasteiger partial charge in [0.25, 0.3) is 5.91 Å². The Labute approximate surface area is 157 Å². The Balaban J connectivity index is 1.74. The van der Waals surface area contributed by atoms with Crippen molar-refractivity contribution in [2.75, 3.05) is 13.1 Å². The molecule has 6 nitrogen and oxygen atoms in total. The highest BCUT2D eigenvalue weighted by Gasteiger charge is 2.26. The van der Waals surface area contributed by atoms with Crippen molar-refractivity contribution in [3.8, 4) is 5.69 Å². The Hall–Kier alpha value is -2.34. The second kappa shape index (κ2) is 7.91. The third kappa shape index (κ3) is 4.25. The highest BCUT2D eigenvalue weighted by molar-refractivity contribution is 6.30. The van der Waals surface area contributed by atoms with E-state index in [9.17, 15) is 9.59 Å². The van der Waals surface area contributed by atoms with Gasteiger partial charge < -0.3 is 10.0 Å². The Morgan fingerprint density at radius 2 is 2.15 bits per heavy atom. The van der Waals surface area contributed by atoms with E-state index in [2.05, 4.69) is 5.10 Å². The van der Waals surface area contributed by atoms with Crippen molar-refractivity contribution in [1.29, 1.82) is 0 Å². The molecule has 1 aromatic carbocycles. The summed E-state index contributed by atoms with van der Waals surface area (Å²) < 4.78 is 1.71. The van der Waals surface area contributed by atoms with E-state index in [-0.39, 0.29) is 18.2 Å². The van der Waals surface area contributed by atoms with E-state index >= 15 is 0 Å². The molecule has 1 aliphatic rings. The van der Waals surface area contributed by atoms with Crippen LogP contribution in [-0.2, 0) is 4.79 Å². The van der Waals surface area contributed by atoms with Crippen molar-refractivity contribution < 1.29 is 14.7 Å². The largest absolute Gasteiger partial charge is 0.481 e. The van der Waals surface area contributed by atoms with Crippen LogP contribution in [0.3, 0.4) is 0 Å². The molecular weight excluding hydrogens is 354 g/mol. The summed E-state index contributed by atoms with van der Waals surface area (Å²) in [5.74, 6) is -0.654. The number of aromatic nitrogens is 2. The molecule has 1 saturated heterocycles. The van der Waals surface area contributed by atoms with Crippen LogP contribution < -0.4 is 0 Å². The lowest BCUT2D eigenvalue weighted by Gasteiger charge is -2.32. The lowest BCUT2D eigenvalue weighted by molar-refractivity contribution is -0.137. The van der Waals surface area contributed by atoms with E-state index in [1.54, 1.807) is 27.8 Å². The minimum atomic E-state index is -0.788. The fraction of sp³-hybridized carbons (Fsp3) is 0.421. The standard InChI is InChI=1S/C19H22ClN3O3/c1-13-10-17(21-23(13)16-6-2-5-15(20)11-16)19(26)22-9-3-4-14(12-22)7-8-18(24)25/h2,5-6,10-11,14H,3-4,7-9,12H2,1H3,(H,24,25). The summed E-state index contributed by atoms with van der Waals surface area (Å²) in [6, 6.07) is 9.12. The van der Waals surface area contributed by atoms with Crippen LogP contribution >= 0.6 is 11.6 Å². The van der Waals surface area contributed by atoms with Crippen LogP contribution in [0.15, 0.2) is 30.3 Å². The van der Waals surface area contributed by atoms with Gasteiger partial charge in [0.05, 0.1) is 5.69 Å². The van der Waals surface area contributed by atoms with Crippen molar-refractivity contribution in [1.82, 2.24) is 14.7 Å². The van der Waals surface area contributed by atoms with Gasteiger partial charge in [-0.2, -0.15) is 5.10 Å². The molecule has 1 unspecified atom stereocenters. The highest BCUT2D eigenvalue weighted by Crippen LogP contribution is 2.23. The van der Waals surface area contributed by atoms with Crippen molar-refractivity contribution in [2.24, 2.45) is 5.92 Å². The summed E-state index contributed by atoms with van der Waals surface area (Å²) in [7, 11) is 0. The first-order chi connectivity index (χ1) is 12.4. The molecule has 1 fully saturated rings. The number of carboxylic acid groups (broad SMARTS) is 1. The SMILES string of the molecule is Cc1cc(C(=O)N2CCCC(CCC(=O)O)C2)nn1-c1cccc(Cl)c1. The van der Waals surface area contributed by atoms with Gasteiger partial charge in [-0.05, 0) is 56.4 Å². The number of benzene rings is 1. The van der Waals surface area contributed by atoms with Crippen LogP contribution in [-0.4, -0.2) is 44.8 Å². The summed E-state index contributed by atoms with van der Waals surface area (Å²) in [6.45, 7) is 3.18. The van der Waals surface area contributed by atoms with Crippen molar-refractivity contribution in [3.63, 3.8) is 0 Å². The molecule has 0 aliphatic carbocycles. The normalized spacial score (nSPS) is 17.3. The number of carbonyl (C=O) groups is 2. The second-order valence-electron chi connectivity index (χ2n) is 6.75. The zero-order chi connectivity index (χ0) is 18.7. The van der Waals surface area contributed by atoms with Crippen LogP contribution in [0.4, 0.5) is 0 Å². The molecule has 0 radical (unpaired) electrons. The smallest absolute Gasteiger partial charge is 0.303 e. The molecule has 1 aliphatic heterocycles. The average molecular weight is 376 g/mol. The molecule has 7 heteroatoms. The number of amides is 1. The van der Waals surface area contributed by atoms with E-state index in [1.165, 1.54) is 0 Å². The van der Waals surface area contributed by atoms with Gasteiger partial charge in [0.2, 0.25) is 0 Å². The van der Waals surface area contributed by atoms with Crippen LogP contribution in [0.1, 0.15) is 41.9 Å². The van der Waals surface area contributed by atoms with Gasteiger partial charge in [-0.25, -0.2) is 4.68 Å². The van der Waals surface area contributed by atoms with Gasteiger partial charge in [-0.1, -0.05) is 17.7 Å². The molecule has 0 spiro atoms. The van der Waals surface area contributed by atoms with E-state index in [4.69, 9.17) is 16.7 Å². The number of aliphatic carboxylic acids is 1. The number of carbonyl (C=O) groups excluding carboxylic acids is 1. The fourth-order valence-corrected chi connectivity index (χ4v) is 3.61. The minimum Gasteiger partial charge on any atom is -0.481 e. The van der Waals surface area contributed by atoms with Crippen LogP contribution in [0.25, 0.3) is 5.69 Å². The lowest BCUT2D eigenvalue weighted by atomic mass is 9.93. The first-order valence-electron chi connectivity index (χ1n) is 8.77. The van der Waals surface area contributed by atoms with E-state index in [0.717, 1.165) is 24.2 Å². The summed E-state index contributed by atoms with van der Waals surface area (Å²) >= 11 is 6.05. The van der Waals surface area contributed by atoms with E-state index in [0.29, 0.717) is 30.2 Å². The molecule has 1 aromatic heterocycles. The molecule has 3 rings (SSSR count). The molecule has 0 bridgehead atoms. The van der Waals surface area contributed by atoms with Crippen molar-refractivity contribution >= 4 is 23.5 Å². The summed E-state index contributed by atoms with van der Waals surface area (Å²) in [4.78, 5) is 25.4. The maximum Gasteiger partial charge on any atom is 0.303 e. The maximum absolute atomic E-state index is 12.9. The van der Waals surface area contributed by atoms with Gasteiger partial charge in [0.1, 0.15) is 0 Å². The highest BCUT2D eigenvalue weighted by atomic mass is 35.5. The Morgan fingerprint density at radius 1 is 1.35 bits per heavy atom. The molecule has 138 valence electrons. The number of hydrogen-bond donors (Lipinski definition) is 1. The number of rotatable bonds is 5. The fourth-order valence-electron chi connectivity index (χ4n) is 3.42. The Bertz CT molecular complexity index is 818. The number of aryl methyl sites for hydroxylation is 1. The topological polar surface area (TPSA) is 75.4 Å². The zero-order valence-electron chi connectivity index (χ0n) is 14.7. The first-order valence-corrected chi connectivity index (χ1v) is 9.15. The molecule has 1 atom stereocenters. The van der Waals surface area contributed by atoms with E-state index in [1.807, 2.05) is 19.1 Å². The van der Waals surface area contributed by atoms with Gasteiger partial charge in [0.15, 0.2) is 5.69 Å². The number of hydrogen-bond acceptors (Lipinski definition) is 3. The monoisotopic (exact) mass is 375 g/mol. The molecule has 0 saturated carbocycles. The lowest BCUT2D eigenvalue weighted by Crippen LogP contribution is -2.40. The molecule has 26 heavy (non-hydrogen) atoms. The first kappa shape index (κ1) is 18.5. The van der Waals surface area contributed by atoms with Gasteiger partial charge in [0, 0.05) is 30.2 Å². The third-order valence-corrected chi connectivity index (χ3v) is 4.97. The van der Waals surface area contributed by atoms with Gasteiger partial charge in [-0.3, -0.25) is 9.59 Å². The van der Waals surface area contributed by atoms with E-state index < -0.39 is 5.97 Å². The zero-order valence-corrected chi connectivity index (χ0v) is 15.4. The van der Waals surface area contributed by atoms with Crippen molar-refractivity contribution in [2.45, 2.75) is 32.6 Å². The van der Waals surface area contributed by atoms with Crippen molar-refractivity contribution in [3.05, 3.63) is 46.7 Å². The Morgan fingerprint density at radius 3 is 2.88 bits per heavy atom. The summed E-state index contributed by atoms with van der Waals surface area (Å²) in [5.41, 5.74) is 2.07. The second-order valence-corrected chi connectivity index (χ2v) is 7.19. The predicted octanol–water partition coefficient (Wildman–Crippen LogP) is 3.55. The average Bonchev–Trinajstić information content (AvgIpc) is 3.01. The molecular formula is C19H22ClN3O3. The molecule has 1 amide bonds. The number of likely N-dealkylation sites (tertiary alicyclic amines) is 1. The number of halogens is 1. The molecule has 1 N–H and O–H groups in total. The third-order valence-electron chi connectivity index (χ3n) is 4.73. The van der Waals surface area contributed by atoms with Crippen LogP contribution in [0.2, 0.25) is 5.02 Å². The number of nitrogens with zero attached hydrogens (tertiary/aromatic N) is 3. The van der Waals surface area contributed by atoms with Gasteiger partial charge in [-0.15, -0.1) is 0 Å². The number of piperidine rings is 1. The predicted molar refractivity (Wildman–Crippen MR) is 98.8 cm³/mol. The van der Waals surface area contributed by atoms with Crippen LogP contribution in [0, 0.1) is 12.8 Å². The quantitative estimate of drug-likeness (QED) is 0.867. The molecule has 2 heterocycles. The molecule has 2 aromatic rings. The summed E-state index contributed by atoms with van der Waals surface area (Å²) in [5, 5.41) is 13.9. The van der Waals surface area contributed by atoms with Gasteiger partial charge >= 0.3 is 5.97 Å². The van der Waals surface area contributed by atoms with Crippen LogP contribution in [0.5, 0.6) is 0 Å². The Kier molecular flexibility index (Phi) is 5.61. The maximum atomic E-state index is 12.9. The minimum absolute atomic E-state index is 0.103. The number of carboxylic acids is 1.